The first kappa shape index (κ1) is 16.3. The molecule has 1 aliphatic heterocycles. The van der Waals surface area contributed by atoms with Gasteiger partial charge in [0.2, 0.25) is 0 Å². The maximum absolute atomic E-state index is 14.3. The first-order valence-corrected chi connectivity index (χ1v) is 7.89. The van der Waals surface area contributed by atoms with Gasteiger partial charge in [0.25, 0.3) is 0 Å². The quantitative estimate of drug-likeness (QED) is 0.719. The molecule has 116 valence electrons. The van der Waals surface area contributed by atoms with E-state index in [-0.39, 0.29) is 11.9 Å². The maximum Gasteiger partial charge on any atom is 0.411 e. The van der Waals surface area contributed by atoms with E-state index in [0.29, 0.717) is 16.6 Å². The zero-order valence-electron chi connectivity index (χ0n) is 12.9. The highest BCUT2D eigenvalue weighted by Crippen LogP contribution is 2.41. The van der Waals surface area contributed by atoms with Gasteiger partial charge in [0.15, 0.2) is 0 Å². The summed E-state index contributed by atoms with van der Waals surface area (Å²) in [6.45, 7) is 7.98. The molecule has 1 atom stereocenters. The van der Waals surface area contributed by atoms with Crippen molar-refractivity contribution in [1.82, 2.24) is 4.90 Å². The molecule has 1 aromatic rings. The smallest absolute Gasteiger partial charge is 0.411 e. The Hall–Kier alpha value is -1.10. The van der Waals surface area contributed by atoms with E-state index in [9.17, 15) is 9.18 Å². The highest BCUT2D eigenvalue weighted by molar-refractivity contribution is 9.10. The van der Waals surface area contributed by atoms with Crippen LogP contribution >= 0.6 is 15.9 Å². The summed E-state index contributed by atoms with van der Waals surface area (Å²) < 4.78 is 20.5. The summed E-state index contributed by atoms with van der Waals surface area (Å²) in [7, 11) is 0. The Bertz CT molecular complexity index is 556. The van der Waals surface area contributed by atoms with Crippen LogP contribution in [0.15, 0.2) is 22.7 Å². The van der Waals surface area contributed by atoms with Crippen LogP contribution in [0, 0.1) is 5.82 Å². The first-order chi connectivity index (χ1) is 9.63. The van der Waals surface area contributed by atoms with E-state index in [1.54, 1.807) is 17.0 Å². The molecule has 1 heterocycles. The Morgan fingerprint density at radius 3 is 2.67 bits per heavy atom. The standard InChI is InChI=1S/C16H21BrFNO2/c1-15(2,3)21-14(20)19-9-5-8-16(19,4)12-7-6-11(17)10-13(12)18/h6-7,10H,5,8-9H2,1-4H3. The molecule has 0 radical (unpaired) electrons. The number of likely N-dealkylation sites (tertiary alicyclic amines) is 1. The second-order valence-electron chi connectivity index (χ2n) is 6.63. The average Bonchev–Trinajstić information content (AvgIpc) is 2.69. The van der Waals surface area contributed by atoms with Gasteiger partial charge in [-0.2, -0.15) is 0 Å². The molecule has 3 nitrogen and oxygen atoms in total. The van der Waals surface area contributed by atoms with Crippen LogP contribution in [0.5, 0.6) is 0 Å². The summed E-state index contributed by atoms with van der Waals surface area (Å²) >= 11 is 3.26. The van der Waals surface area contributed by atoms with Gasteiger partial charge in [0.05, 0.1) is 5.54 Å². The van der Waals surface area contributed by atoms with Gasteiger partial charge >= 0.3 is 6.09 Å². The van der Waals surface area contributed by atoms with E-state index >= 15 is 0 Å². The minimum atomic E-state index is -0.660. The van der Waals surface area contributed by atoms with Crippen molar-refractivity contribution in [3.63, 3.8) is 0 Å². The summed E-state index contributed by atoms with van der Waals surface area (Å²) in [5, 5.41) is 0. The highest BCUT2D eigenvalue weighted by Gasteiger charge is 2.44. The molecule has 1 aromatic carbocycles. The zero-order valence-corrected chi connectivity index (χ0v) is 14.5. The van der Waals surface area contributed by atoms with E-state index in [1.165, 1.54) is 6.07 Å². The monoisotopic (exact) mass is 357 g/mol. The number of rotatable bonds is 1. The van der Waals surface area contributed by atoms with Crippen LogP contribution in [-0.2, 0) is 10.3 Å². The second kappa shape index (κ2) is 5.59. The molecule has 1 aliphatic rings. The summed E-state index contributed by atoms with van der Waals surface area (Å²) in [6.07, 6.45) is 1.18. The van der Waals surface area contributed by atoms with Crippen LogP contribution < -0.4 is 0 Å². The normalized spacial score (nSPS) is 22.5. The molecule has 5 heteroatoms. The van der Waals surface area contributed by atoms with E-state index in [4.69, 9.17) is 4.74 Å². The number of carbonyl (C=O) groups is 1. The summed E-state index contributed by atoms with van der Waals surface area (Å²) in [5.74, 6) is -0.303. The summed E-state index contributed by atoms with van der Waals surface area (Å²) in [4.78, 5) is 14.0. The van der Waals surface area contributed by atoms with Crippen LogP contribution in [0.3, 0.4) is 0 Å². The molecular formula is C16H21BrFNO2. The number of carbonyl (C=O) groups excluding carboxylic acids is 1. The number of amides is 1. The van der Waals surface area contributed by atoms with Crippen LogP contribution in [0.4, 0.5) is 9.18 Å². The molecule has 1 fully saturated rings. The van der Waals surface area contributed by atoms with E-state index in [0.717, 1.165) is 12.8 Å². The number of ether oxygens (including phenoxy) is 1. The Labute approximate surface area is 133 Å². The SMILES string of the molecule is CC(C)(C)OC(=O)N1CCCC1(C)c1ccc(Br)cc1F. The molecule has 0 spiro atoms. The van der Waals surface area contributed by atoms with Crippen molar-refractivity contribution in [1.29, 1.82) is 0 Å². The lowest BCUT2D eigenvalue weighted by Crippen LogP contribution is -2.45. The van der Waals surface area contributed by atoms with Crippen molar-refractivity contribution < 1.29 is 13.9 Å². The molecule has 0 aliphatic carbocycles. The van der Waals surface area contributed by atoms with Gasteiger partial charge in [-0.25, -0.2) is 9.18 Å². The molecule has 1 saturated heterocycles. The fourth-order valence-corrected chi connectivity index (χ4v) is 3.11. The lowest BCUT2D eigenvalue weighted by atomic mass is 9.89. The number of hydrogen-bond donors (Lipinski definition) is 0. The van der Waals surface area contributed by atoms with Crippen molar-refractivity contribution in [2.24, 2.45) is 0 Å². The largest absolute Gasteiger partial charge is 0.444 e. The van der Waals surface area contributed by atoms with Crippen molar-refractivity contribution in [2.75, 3.05) is 6.54 Å². The zero-order chi connectivity index (χ0) is 15.8. The average molecular weight is 358 g/mol. The van der Waals surface area contributed by atoms with Gasteiger partial charge in [-0.15, -0.1) is 0 Å². The molecule has 0 bridgehead atoms. The van der Waals surface area contributed by atoms with Crippen molar-refractivity contribution in [2.45, 2.75) is 51.7 Å². The highest BCUT2D eigenvalue weighted by atomic mass is 79.9. The lowest BCUT2D eigenvalue weighted by molar-refractivity contribution is 0.00945. The van der Waals surface area contributed by atoms with Gasteiger partial charge in [0, 0.05) is 16.6 Å². The summed E-state index contributed by atoms with van der Waals surface area (Å²) in [5.41, 5.74) is -0.680. The van der Waals surface area contributed by atoms with Crippen molar-refractivity contribution >= 4 is 22.0 Å². The molecule has 1 amide bonds. The number of nitrogens with zero attached hydrogens (tertiary/aromatic N) is 1. The Morgan fingerprint density at radius 1 is 1.43 bits per heavy atom. The molecule has 0 aromatic heterocycles. The molecule has 1 unspecified atom stereocenters. The Kier molecular flexibility index (Phi) is 4.34. The third-order valence-electron chi connectivity index (χ3n) is 3.77. The topological polar surface area (TPSA) is 29.5 Å². The fourth-order valence-electron chi connectivity index (χ4n) is 2.78. The number of halogens is 2. The first-order valence-electron chi connectivity index (χ1n) is 7.10. The van der Waals surface area contributed by atoms with Gasteiger partial charge in [-0.1, -0.05) is 22.0 Å². The Balaban J connectivity index is 2.33. The van der Waals surface area contributed by atoms with E-state index in [1.807, 2.05) is 27.7 Å². The molecule has 2 rings (SSSR count). The predicted octanol–water partition coefficient (Wildman–Crippen LogP) is 4.83. The maximum atomic E-state index is 14.3. The molecular weight excluding hydrogens is 337 g/mol. The number of hydrogen-bond acceptors (Lipinski definition) is 2. The van der Waals surface area contributed by atoms with Crippen LogP contribution in [-0.4, -0.2) is 23.1 Å². The third kappa shape index (κ3) is 3.39. The van der Waals surface area contributed by atoms with Crippen LogP contribution in [0.25, 0.3) is 0 Å². The van der Waals surface area contributed by atoms with Gasteiger partial charge < -0.3 is 4.74 Å². The Morgan fingerprint density at radius 2 is 2.10 bits per heavy atom. The van der Waals surface area contributed by atoms with Crippen LogP contribution in [0.2, 0.25) is 0 Å². The molecule has 0 saturated carbocycles. The fraction of sp³-hybridized carbons (Fsp3) is 0.562. The van der Waals surface area contributed by atoms with Crippen molar-refractivity contribution in [3.8, 4) is 0 Å². The van der Waals surface area contributed by atoms with E-state index in [2.05, 4.69) is 15.9 Å². The minimum absolute atomic E-state index is 0.303. The lowest BCUT2D eigenvalue weighted by Gasteiger charge is -2.37. The number of benzene rings is 1. The van der Waals surface area contributed by atoms with Crippen LogP contribution in [0.1, 0.15) is 46.1 Å². The summed E-state index contributed by atoms with van der Waals surface area (Å²) in [6, 6.07) is 4.98. The van der Waals surface area contributed by atoms with Gasteiger partial charge in [-0.3, -0.25) is 4.90 Å². The molecule has 0 N–H and O–H groups in total. The predicted molar refractivity (Wildman–Crippen MR) is 83.6 cm³/mol. The molecule has 21 heavy (non-hydrogen) atoms. The second-order valence-corrected chi connectivity index (χ2v) is 7.55. The van der Waals surface area contributed by atoms with Gasteiger partial charge in [-0.05, 0) is 52.7 Å². The third-order valence-corrected chi connectivity index (χ3v) is 4.26. The minimum Gasteiger partial charge on any atom is -0.444 e. The van der Waals surface area contributed by atoms with E-state index < -0.39 is 11.1 Å². The van der Waals surface area contributed by atoms with Crippen molar-refractivity contribution in [3.05, 3.63) is 34.1 Å². The van der Waals surface area contributed by atoms with Gasteiger partial charge in [0.1, 0.15) is 11.4 Å².